The number of carbonyl (C=O) groups is 1. The fourth-order valence-corrected chi connectivity index (χ4v) is 3.71. The number of anilines is 3. The van der Waals surface area contributed by atoms with E-state index in [4.69, 9.17) is 0 Å². The second-order valence-corrected chi connectivity index (χ2v) is 9.25. The summed E-state index contributed by atoms with van der Waals surface area (Å²) < 4.78 is 16.0. The van der Waals surface area contributed by atoms with Crippen LogP contribution in [0.1, 0.15) is 26.3 Å². The van der Waals surface area contributed by atoms with Gasteiger partial charge in [0.25, 0.3) is 5.56 Å². The summed E-state index contributed by atoms with van der Waals surface area (Å²) in [5, 5.41) is 8.78. The third-order valence-corrected chi connectivity index (χ3v) is 5.68. The zero-order valence-corrected chi connectivity index (χ0v) is 20.2. The molecule has 0 atom stereocenters. The summed E-state index contributed by atoms with van der Waals surface area (Å²) in [6.45, 7) is 6.24. The van der Waals surface area contributed by atoms with E-state index in [0.29, 0.717) is 33.8 Å². The van der Waals surface area contributed by atoms with Gasteiger partial charge in [0.2, 0.25) is 5.95 Å². The summed E-state index contributed by atoms with van der Waals surface area (Å²) in [5.74, 6) is -0.223. The number of hydrogen-bond donors (Lipinski definition) is 3. The molecule has 0 saturated carbocycles. The summed E-state index contributed by atoms with van der Waals surface area (Å²) >= 11 is 0. The van der Waals surface area contributed by atoms with Gasteiger partial charge >= 0.3 is 6.03 Å². The highest BCUT2D eigenvalue weighted by molar-refractivity contribution is 6.00. The highest BCUT2D eigenvalue weighted by atomic mass is 19.1. The molecule has 9 heteroatoms. The van der Waals surface area contributed by atoms with Crippen molar-refractivity contribution >= 4 is 34.4 Å². The highest BCUT2D eigenvalue weighted by Crippen LogP contribution is 2.27. The van der Waals surface area contributed by atoms with Crippen LogP contribution in [0.15, 0.2) is 59.5 Å². The summed E-state index contributed by atoms with van der Waals surface area (Å²) in [4.78, 5) is 34.2. The number of benzene rings is 2. The Kier molecular flexibility index (Phi) is 6.26. The number of pyridine rings is 1. The lowest BCUT2D eigenvalue weighted by Gasteiger charge is -2.20. The van der Waals surface area contributed by atoms with E-state index in [-0.39, 0.29) is 16.7 Å². The molecule has 0 fully saturated rings. The Bertz CT molecular complexity index is 1490. The van der Waals surface area contributed by atoms with E-state index in [9.17, 15) is 14.0 Å². The molecule has 35 heavy (non-hydrogen) atoms. The number of halogens is 1. The largest absolute Gasteiger partial charge is 0.357 e. The van der Waals surface area contributed by atoms with Gasteiger partial charge in [0, 0.05) is 36.9 Å². The molecule has 0 aliphatic rings. The van der Waals surface area contributed by atoms with Gasteiger partial charge in [-0.05, 0) is 46.9 Å². The zero-order valence-electron chi connectivity index (χ0n) is 20.2. The molecular formula is C26H27FN6O2. The Balaban J connectivity index is 1.63. The van der Waals surface area contributed by atoms with Gasteiger partial charge in [-0.3, -0.25) is 9.36 Å². The molecule has 4 rings (SSSR count). The van der Waals surface area contributed by atoms with Gasteiger partial charge in [-0.1, -0.05) is 39.0 Å². The first-order chi connectivity index (χ1) is 16.6. The molecule has 2 heterocycles. The molecule has 0 aliphatic carbocycles. The van der Waals surface area contributed by atoms with E-state index < -0.39 is 11.8 Å². The number of nitrogens with zero attached hydrogens (tertiary/aromatic N) is 3. The monoisotopic (exact) mass is 474 g/mol. The Hall–Kier alpha value is -4.27. The van der Waals surface area contributed by atoms with Crippen molar-refractivity contribution in [3.63, 3.8) is 0 Å². The molecule has 0 saturated heterocycles. The van der Waals surface area contributed by atoms with E-state index in [0.717, 1.165) is 5.56 Å². The van der Waals surface area contributed by atoms with Crippen LogP contribution >= 0.6 is 0 Å². The lowest BCUT2D eigenvalue weighted by molar-refractivity contribution is 0.262. The summed E-state index contributed by atoms with van der Waals surface area (Å²) in [5.41, 5.74) is 2.47. The number of urea groups is 1. The van der Waals surface area contributed by atoms with E-state index >= 15 is 0 Å². The van der Waals surface area contributed by atoms with Gasteiger partial charge < -0.3 is 16.0 Å². The molecule has 2 amide bonds. The molecule has 0 aliphatic heterocycles. The predicted molar refractivity (Wildman–Crippen MR) is 138 cm³/mol. The third-order valence-electron chi connectivity index (χ3n) is 5.68. The Morgan fingerprint density at radius 1 is 1.06 bits per heavy atom. The van der Waals surface area contributed by atoms with Crippen LogP contribution < -0.4 is 21.5 Å². The summed E-state index contributed by atoms with van der Waals surface area (Å²) in [7, 11) is 3.31. The molecule has 180 valence electrons. The minimum atomic E-state index is -0.619. The van der Waals surface area contributed by atoms with Crippen molar-refractivity contribution in [1.82, 2.24) is 14.5 Å². The summed E-state index contributed by atoms with van der Waals surface area (Å²) in [6, 6.07) is 12.7. The van der Waals surface area contributed by atoms with Crippen LogP contribution in [0.5, 0.6) is 0 Å². The van der Waals surface area contributed by atoms with E-state index in [1.807, 2.05) is 18.2 Å². The van der Waals surface area contributed by atoms with Crippen molar-refractivity contribution in [2.45, 2.75) is 26.2 Å². The van der Waals surface area contributed by atoms with Crippen LogP contribution in [0.4, 0.5) is 26.5 Å². The van der Waals surface area contributed by atoms with Crippen LogP contribution in [0.25, 0.3) is 22.2 Å². The van der Waals surface area contributed by atoms with Crippen molar-refractivity contribution in [3.05, 3.63) is 76.5 Å². The maximum absolute atomic E-state index is 14.6. The van der Waals surface area contributed by atoms with Crippen molar-refractivity contribution in [3.8, 4) is 11.1 Å². The first kappa shape index (κ1) is 23.9. The number of rotatable bonds is 4. The van der Waals surface area contributed by atoms with E-state index in [1.165, 1.54) is 22.8 Å². The lowest BCUT2D eigenvalue weighted by Crippen LogP contribution is -2.21. The molecule has 0 unspecified atom stereocenters. The second-order valence-electron chi connectivity index (χ2n) is 9.25. The molecule has 3 N–H and O–H groups in total. The number of amides is 2. The topological polar surface area (TPSA) is 101 Å². The van der Waals surface area contributed by atoms with Crippen LogP contribution in [0.3, 0.4) is 0 Å². The molecule has 0 bridgehead atoms. The number of aryl methyl sites for hydroxylation is 1. The van der Waals surface area contributed by atoms with Crippen molar-refractivity contribution < 1.29 is 9.18 Å². The van der Waals surface area contributed by atoms with Gasteiger partial charge in [-0.2, -0.15) is 4.98 Å². The number of carbonyl (C=O) groups excluding carboxylic acids is 1. The number of nitrogens with one attached hydrogen (secondary N) is 3. The first-order valence-electron chi connectivity index (χ1n) is 11.1. The Morgan fingerprint density at radius 2 is 1.83 bits per heavy atom. The minimum absolute atomic E-state index is 0.0455. The van der Waals surface area contributed by atoms with Crippen LogP contribution in [-0.4, -0.2) is 27.6 Å². The maximum atomic E-state index is 14.6. The molecule has 2 aromatic carbocycles. The maximum Gasteiger partial charge on any atom is 0.323 e. The number of fused-ring (bicyclic) bond motifs is 1. The van der Waals surface area contributed by atoms with E-state index in [1.54, 1.807) is 32.4 Å². The molecule has 4 aromatic rings. The zero-order chi connectivity index (χ0) is 25.3. The minimum Gasteiger partial charge on any atom is -0.357 e. The lowest BCUT2D eigenvalue weighted by atomic mass is 9.87. The standard InChI is InChI=1S/C26H27FN6O2/c1-26(2,3)17-7-6-8-18(13-17)30-25(35)31-21-12-15(9-10-20(21)27)19-11-16-14-29-24(28-4)32-22(16)33(5)23(19)34/h6-14H,1-5H3,(H,28,29,32)(H2,30,31,35). The van der Waals surface area contributed by atoms with E-state index in [2.05, 4.69) is 46.7 Å². The SMILES string of the molecule is CNc1ncc2cc(-c3ccc(F)c(NC(=O)Nc4cccc(C(C)(C)C)c4)c3)c(=O)n(C)c2n1. The average Bonchev–Trinajstić information content (AvgIpc) is 2.82. The molecule has 0 radical (unpaired) electrons. The van der Waals surface area contributed by atoms with Crippen molar-refractivity contribution in [2.75, 3.05) is 23.0 Å². The van der Waals surface area contributed by atoms with Gasteiger partial charge in [-0.25, -0.2) is 14.2 Å². The molecular weight excluding hydrogens is 447 g/mol. The smallest absolute Gasteiger partial charge is 0.323 e. The van der Waals surface area contributed by atoms with Crippen molar-refractivity contribution in [1.29, 1.82) is 0 Å². The van der Waals surface area contributed by atoms with Gasteiger partial charge in [0.05, 0.1) is 5.69 Å². The fraction of sp³-hybridized carbons (Fsp3) is 0.231. The number of hydrogen-bond acceptors (Lipinski definition) is 5. The third kappa shape index (κ3) is 4.98. The van der Waals surface area contributed by atoms with Crippen LogP contribution in [-0.2, 0) is 12.5 Å². The number of aromatic nitrogens is 3. The highest BCUT2D eigenvalue weighted by Gasteiger charge is 2.16. The van der Waals surface area contributed by atoms with Crippen LogP contribution in [0, 0.1) is 5.82 Å². The molecule has 8 nitrogen and oxygen atoms in total. The summed E-state index contributed by atoms with van der Waals surface area (Å²) in [6.07, 6.45) is 1.61. The van der Waals surface area contributed by atoms with Gasteiger partial charge in [0.15, 0.2) is 0 Å². The van der Waals surface area contributed by atoms with Crippen LogP contribution in [0.2, 0.25) is 0 Å². The molecule has 0 spiro atoms. The van der Waals surface area contributed by atoms with Gasteiger partial charge in [-0.15, -0.1) is 0 Å². The fourth-order valence-electron chi connectivity index (χ4n) is 3.71. The quantitative estimate of drug-likeness (QED) is 0.381. The Labute approximate surface area is 202 Å². The predicted octanol–water partition coefficient (Wildman–Crippen LogP) is 5.12. The second kappa shape index (κ2) is 9.17. The Morgan fingerprint density at radius 3 is 2.54 bits per heavy atom. The first-order valence-corrected chi connectivity index (χ1v) is 11.1. The van der Waals surface area contributed by atoms with Crippen molar-refractivity contribution in [2.24, 2.45) is 7.05 Å². The van der Waals surface area contributed by atoms with Gasteiger partial charge in [0.1, 0.15) is 11.5 Å². The normalized spacial score (nSPS) is 11.4. The molecule has 2 aromatic heterocycles. The average molecular weight is 475 g/mol.